The monoisotopic (exact) mass is 706 g/mol. The van der Waals surface area contributed by atoms with Crippen LogP contribution in [0.15, 0.2) is 30.3 Å². The second-order valence-corrected chi connectivity index (χ2v) is 12.3. The lowest BCUT2D eigenvalue weighted by molar-refractivity contribution is -0.458. The number of benzene rings is 1. The summed E-state index contributed by atoms with van der Waals surface area (Å²) in [5, 5.41) is -7.95. The summed E-state index contributed by atoms with van der Waals surface area (Å²) in [5.41, 5.74) is 0.881. The highest BCUT2D eigenvalue weighted by atomic mass is 32.2. The van der Waals surface area contributed by atoms with Crippen molar-refractivity contribution in [1.29, 1.82) is 0 Å². The van der Waals surface area contributed by atoms with E-state index in [0.717, 1.165) is 11.3 Å². The first-order chi connectivity index (χ1) is 18.9. The number of alkyl halides is 17. The van der Waals surface area contributed by atoms with Gasteiger partial charge in [0.05, 0.1) is 0 Å². The molecular formula is C20H15F17O4S2. The minimum Gasteiger partial charge on any atom is -0.743 e. The van der Waals surface area contributed by atoms with Crippen LogP contribution in [-0.4, -0.2) is 83.0 Å². The molecule has 1 aliphatic heterocycles. The zero-order chi connectivity index (χ0) is 34.3. The molecule has 1 fully saturated rings. The number of halogens is 17. The molecule has 0 spiro atoms. The van der Waals surface area contributed by atoms with E-state index in [1.54, 1.807) is 0 Å². The third-order valence-electron chi connectivity index (χ3n) is 5.55. The molecule has 0 saturated carbocycles. The molecule has 0 bridgehead atoms. The van der Waals surface area contributed by atoms with Crippen molar-refractivity contribution in [3.63, 3.8) is 0 Å². The molecular weight excluding hydrogens is 691 g/mol. The second kappa shape index (κ2) is 12.0. The van der Waals surface area contributed by atoms with E-state index >= 15 is 0 Å². The Morgan fingerprint density at radius 3 is 1.33 bits per heavy atom. The van der Waals surface area contributed by atoms with Crippen LogP contribution in [0.5, 0.6) is 0 Å². The molecule has 0 atom stereocenters. The van der Waals surface area contributed by atoms with Crippen molar-refractivity contribution >= 4 is 26.8 Å². The number of carbonyl (C=O) groups is 1. The lowest BCUT2D eigenvalue weighted by Gasteiger charge is -2.42. The van der Waals surface area contributed by atoms with E-state index in [2.05, 4.69) is 0 Å². The zero-order valence-corrected chi connectivity index (χ0v) is 21.9. The second-order valence-electron chi connectivity index (χ2n) is 8.58. The van der Waals surface area contributed by atoms with Crippen LogP contribution in [0.25, 0.3) is 0 Å². The Balaban J connectivity index is 0.000000541. The van der Waals surface area contributed by atoms with E-state index in [0.29, 0.717) is 16.7 Å². The number of Topliss-reactive ketones (excluding diaryl/α,β-unsaturated/α-hetero) is 1. The third kappa shape index (κ3) is 6.66. The number of hydrogen-bond acceptors (Lipinski definition) is 4. The van der Waals surface area contributed by atoms with Crippen LogP contribution in [0, 0.1) is 0 Å². The van der Waals surface area contributed by atoms with Gasteiger partial charge >= 0.3 is 47.0 Å². The van der Waals surface area contributed by atoms with Gasteiger partial charge in [-0.2, -0.15) is 74.6 Å². The molecule has 0 aromatic heterocycles. The van der Waals surface area contributed by atoms with Crippen LogP contribution in [0.1, 0.15) is 23.2 Å². The van der Waals surface area contributed by atoms with Gasteiger partial charge in [0.25, 0.3) is 0 Å². The maximum atomic E-state index is 13.0. The Bertz CT molecular complexity index is 1230. The van der Waals surface area contributed by atoms with Crippen molar-refractivity contribution in [2.45, 2.75) is 59.8 Å². The number of rotatable bonds is 10. The summed E-state index contributed by atoms with van der Waals surface area (Å²) in [5.74, 6) is -48.5. The fraction of sp³-hybridized carbons (Fsp3) is 0.650. The lowest BCUT2D eigenvalue weighted by atomic mass is 9.91. The summed E-state index contributed by atoms with van der Waals surface area (Å²) < 4.78 is 244. The average Bonchev–Trinajstić information content (AvgIpc) is 3.36. The van der Waals surface area contributed by atoms with Gasteiger partial charge in [-0.1, -0.05) is 30.3 Å². The molecule has 4 nitrogen and oxygen atoms in total. The topological polar surface area (TPSA) is 74.3 Å². The minimum atomic E-state index is -8.92. The van der Waals surface area contributed by atoms with E-state index in [1.807, 2.05) is 30.3 Å². The molecule has 43 heavy (non-hydrogen) atoms. The molecule has 0 unspecified atom stereocenters. The predicted molar refractivity (Wildman–Crippen MR) is 112 cm³/mol. The van der Waals surface area contributed by atoms with Crippen molar-refractivity contribution < 1.29 is 92.4 Å². The van der Waals surface area contributed by atoms with E-state index < -0.39 is 57.1 Å². The van der Waals surface area contributed by atoms with Crippen LogP contribution >= 0.6 is 0 Å². The molecule has 0 amide bonds. The fourth-order valence-corrected chi connectivity index (χ4v) is 5.76. The Morgan fingerprint density at radius 1 is 0.628 bits per heavy atom. The van der Waals surface area contributed by atoms with E-state index in [4.69, 9.17) is 0 Å². The molecule has 0 radical (unpaired) electrons. The molecule has 1 aromatic rings. The van der Waals surface area contributed by atoms with Gasteiger partial charge in [-0.3, -0.25) is 4.79 Å². The Labute approximate surface area is 232 Å². The SMILES string of the molecule is O=C(C[S+]1CCCC1)c1ccccc1.O=S(=O)([O-])C(F)(F)C(F)(F)C(F)(F)C(F)(F)C(F)(F)C(F)(F)C(F)(F)C(F)(F)F. The van der Waals surface area contributed by atoms with Crippen molar-refractivity contribution in [3.05, 3.63) is 35.9 Å². The first-order valence-corrected chi connectivity index (χ1v) is 13.9. The molecule has 1 aliphatic rings. The van der Waals surface area contributed by atoms with Crippen LogP contribution in [0.3, 0.4) is 0 Å². The molecule has 0 N–H and O–H groups in total. The van der Waals surface area contributed by atoms with E-state index in [1.165, 1.54) is 24.3 Å². The Kier molecular flexibility index (Phi) is 10.9. The van der Waals surface area contributed by atoms with Gasteiger partial charge in [0, 0.05) is 5.56 Å². The number of hydrogen-bond donors (Lipinski definition) is 0. The van der Waals surface area contributed by atoms with Crippen molar-refractivity contribution in [2.75, 3.05) is 17.3 Å². The van der Waals surface area contributed by atoms with E-state index in [9.17, 15) is 92.4 Å². The molecule has 2 rings (SSSR count). The first-order valence-electron chi connectivity index (χ1n) is 10.8. The van der Waals surface area contributed by atoms with Crippen LogP contribution in [0.2, 0.25) is 0 Å². The van der Waals surface area contributed by atoms with Gasteiger partial charge in [-0.05, 0) is 23.7 Å². The predicted octanol–water partition coefficient (Wildman–Crippen LogP) is 6.78. The smallest absolute Gasteiger partial charge is 0.460 e. The summed E-state index contributed by atoms with van der Waals surface area (Å²) in [6, 6.07) is 9.66. The zero-order valence-electron chi connectivity index (χ0n) is 20.3. The van der Waals surface area contributed by atoms with Crippen molar-refractivity contribution in [2.24, 2.45) is 0 Å². The van der Waals surface area contributed by atoms with Crippen LogP contribution in [-0.2, 0) is 21.0 Å². The molecule has 0 aliphatic carbocycles. The molecule has 1 saturated heterocycles. The maximum Gasteiger partial charge on any atom is 0.460 e. The standard InChI is InChI=1S/C12H15OS.C8HF17O3S/c13-12(10-14-8-4-5-9-14)11-6-2-1-3-7-11;9-1(10,3(13,14)5(17,18)7(21,22)23)2(11,12)4(15,16)6(19,20)8(24,25)29(26,27)28/h1-3,6-7H,4-5,8-10H2;(H,26,27,28)/q+1;/p-1. The van der Waals surface area contributed by atoms with Gasteiger partial charge in [0.1, 0.15) is 11.5 Å². The summed E-state index contributed by atoms with van der Waals surface area (Å²) in [4.78, 5) is 11.8. The summed E-state index contributed by atoms with van der Waals surface area (Å²) in [7, 11) is -7.75. The first kappa shape index (κ1) is 39.0. The van der Waals surface area contributed by atoms with Crippen molar-refractivity contribution in [1.82, 2.24) is 0 Å². The van der Waals surface area contributed by atoms with Gasteiger partial charge in [0.2, 0.25) is 5.78 Å². The summed E-state index contributed by atoms with van der Waals surface area (Å²) >= 11 is 0. The summed E-state index contributed by atoms with van der Waals surface area (Å²) in [6.07, 6.45) is -5.24. The molecule has 250 valence electrons. The number of carbonyl (C=O) groups excluding carboxylic acids is 1. The minimum absolute atomic E-state index is 0.329. The number of ketones is 1. The van der Waals surface area contributed by atoms with E-state index in [-0.39, 0.29) is 0 Å². The van der Waals surface area contributed by atoms with Gasteiger partial charge in [-0.25, -0.2) is 8.42 Å². The van der Waals surface area contributed by atoms with Crippen LogP contribution in [0.4, 0.5) is 74.6 Å². The Hall–Kier alpha value is -2.04. The largest absolute Gasteiger partial charge is 0.743 e. The van der Waals surface area contributed by atoms with Gasteiger partial charge in [-0.15, -0.1) is 0 Å². The molecule has 1 aromatic carbocycles. The quantitative estimate of drug-likeness (QED) is 0.117. The molecule has 1 heterocycles. The van der Waals surface area contributed by atoms with Gasteiger partial charge in [0.15, 0.2) is 15.9 Å². The normalized spacial score (nSPS) is 17.0. The Morgan fingerprint density at radius 2 is 0.977 bits per heavy atom. The highest BCUT2D eigenvalue weighted by Gasteiger charge is 2.95. The highest BCUT2D eigenvalue weighted by Crippen LogP contribution is 2.64. The van der Waals surface area contributed by atoms with Crippen LogP contribution < -0.4 is 0 Å². The summed E-state index contributed by atoms with van der Waals surface area (Å²) in [6.45, 7) is 0. The van der Waals surface area contributed by atoms with Crippen molar-refractivity contribution in [3.8, 4) is 0 Å². The fourth-order valence-electron chi connectivity index (χ4n) is 3.06. The lowest BCUT2D eigenvalue weighted by Crippen LogP contribution is -2.75. The molecule has 23 heteroatoms. The third-order valence-corrected chi connectivity index (χ3v) is 8.84. The van der Waals surface area contributed by atoms with Gasteiger partial charge < -0.3 is 4.55 Å². The average molecular weight is 706 g/mol. The highest BCUT2D eigenvalue weighted by molar-refractivity contribution is 7.97. The maximum absolute atomic E-state index is 13.0.